The van der Waals surface area contributed by atoms with Crippen LogP contribution in [0.3, 0.4) is 0 Å². The van der Waals surface area contributed by atoms with Crippen LogP contribution < -0.4 is 10.3 Å². The second kappa shape index (κ2) is 5.33. The molecule has 0 aliphatic rings. The molecule has 0 fully saturated rings. The SMILES string of the molecule is O=c1ccc(S(=O)(=O)NCc2ccc(F)cc2)c[nH]1. The van der Waals surface area contributed by atoms with Crippen molar-refractivity contribution in [3.63, 3.8) is 0 Å². The summed E-state index contributed by atoms with van der Waals surface area (Å²) in [5.74, 6) is -0.382. The lowest BCUT2D eigenvalue weighted by atomic mass is 10.2. The van der Waals surface area contributed by atoms with Gasteiger partial charge in [-0.1, -0.05) is 12.1 Å². The Hall–Kier alpha value is -1.99. The molecule has 5 nitrogen and oxygen atoms in total. The van der Waals surface area contributed by atoms with Gasteiger partial charge < -0.3 is 4.98 Å². The molecule has 0 unspecified atom stereocenters. The van der Waals surface area contributed by atoms with Crippen molar-refractivity contribution in [1.29, 1.82) is 0 Å². The Labute approximate surface area is 109 Å². The molecule has 1 aromatic heterocycles. The van der Waals surface area contributed by atoms with Crippen LogP contribution in [0.1, 0.15) is 5.56 Å². The van der Waals surface area contributed by atoms with Gasteiger partial charge in [-0.15, -0.1) is 0 Å². The van der Waals surface area contributed by atoms with Gasteiger partial charge in [0.15, 0.2) is 0 Å². The van der Waals surface area contributed by atoms with Gasteiger partial charge in [0.05, 0.1) is 4.90 Å². The molecular formula is C12H11FN2O3S. The van der Waals surface area contributed by atoms with E-state index in [0.717, 1.165) is 12.3 Å². The molecule has 19 heavy (non-hydrogen) atoms. The lowest BCUT2D eigenvalue weighted by Crippen LogP contribution is -2.24. The van der Waals surface area contributed by atoms with Crippen LogP contribution in [-0.2, 0) is 16.6 Å². The predicted octanol–water partition coefficient (Wildman–Crippen LogP) is 0.992. The lowest BCUT2D eigenvalue weighted by molar-refractivity contribution is 0.580. The third-order valence-corrected chi connectivity index (χ3v) is 3.84. The van der Waals surface area contributed by atoms with Gasteiger partial charge in [-0.3, -0.25) is 4.79 Å². The van der Waals surface area contributed by atoms with E-state index in [1.807, 2.05) is 0 Å². The molecule has 0 saturated heterocycles. The first-order chi connectivity index (χ1) is 8.97. The molecule has 1 aromatic carbocycles. The summed E-state index contributed by atoms with van der Waals surface area (Å²) in [7, 11) is -3.70. The van der Waals surface area contributed by atoms with Gasteiger partial charge in [-0.25, -0.2) is 17.5 Å². The Morgan fingerprint density at radius 1 is 1.11 bits per heavy atom. The molecule has 1 heterocycles. The Morgan fingerprint density at radius 3 is 2.37 bits per heavy atom. The molecule has 2 N–H and O–H groups in total. The molecule has 0 aliphatic heterocycles. The van der Waals surface area contributed by atoms with E-state index >= 15 is 0 Å². The van der Waals surface area contributed by atoms with E-state index in [1.165, 1.54) is 30.3 Å². The number of sulfonamides is 1. The van der Waals surface area contributed by atoms with E-state index in [1.54, 1.807) is 0 Å². The highest BCUT2D eigenvalue weighted by molar-refractivity contribution is 7.89. The van der Waals surface area contributed by atoms with Gasteiger partial charge in [0, 0.05) is 18.8 Å². The summed E-state index contributed by atoms with van der Waals surface area (Å²) >= 11 is 0. The number of H-pyrrole nitrogens is 1. The maximum absolute atomic E-state index is 12.7. The fourth-order valence-corrected chi connectivity index (χ4v) is 2.41. The minimum atomic E-state index is -3.70. The van der Waals surface area contributed by atoms with Crippen LogP contribution in [0, 0.1) is 5.82 Å². The number of benzene rings is 1. The number of rotatable bonds is 4. The van der Waals surface area contributed by atoms with Crippen molar-refractivity contribution >= 4 is 10.0 Å². The molecule has 100 valence electrons. The average molecular weight is 282 g/mol. The number of halogens is 1. The first kappa shape index (κ1) is 13.4. The Kier molecular flexibility index (Phi) is 3.77. The van der Waals surface area contributed by atoms with Crippen molar-refractivity contribution in [1.82, 2.24) is 9.71 Å². The molecule has 2 rings (SSSR count). The first-order valence-electron chi connectivity index (χ1n) is 5.40. The predicted molar refractivity (Wildman–Crippen MR) is 67.5 cm³/mol. The molecule has 0 atom stereocenters. The molecule has 0 spiro atoms. The quantitative estimate of drug-likeness (QED) is 0.877. The van der Waals surface area contributed by atoms with Crippen LogP contribution in [0.15, 0.2) is 52.3 Å². The standard InChI is InChI=1S/C12H11FN2O3S/c13-10-3-1-9(2-4-10)7-15-19(17,18)11-5-6-12(16)14-8-11/h1-6,8,15H,7H2,(H,14,16). The van der Waals surface area contributed by atoms with Gasteiger partial charge in [0.2, 0.25) is 15.6 Å². The van der Waals surface area contributed by atoms with Crippen molar-refractivity contribution in [2.45, 2.75) is 11.4 Å². The minimum absolute atomic E-state index is 0.0331. The van der Waals surface area contributed by atoms with Gasteiger partial charge in [-0.2, -0.15) is 0 Å². The average Bonchev–Trinajstić information content (AvgIpc) is 2.39. The Bertz CT molecular complexity index is 703. The maximum Gasteiger partial charge on any atom is 0.247 e. The highest BCUT2D eigenvalue weighted by atomic mass is 32.2. The third kappa shape index (κ3) is 3.49. The zero-order chi connectivity index (χ0) is 13.9. The monoisotopic (exact) mass is 282 g/mol. The topological polar surface area (TPSA) is 79.0 Å². The summed E-state index contributed by atoms with van der Waals surface area (Å²) < 4.78 is 38.8. The van der Waals surface area contributed by atoms with E-state index in [2.05, 4.69) is 9.71 Å². The number of hydrogen-bond donors (Lipinski definition) is 2. The second-order valence-corrected chi connectivity index (χ2v) is 5.61. The van der Waals surface area contributed by atoms with Crippen molar-refractivity contribution in [2.75, 3.05) is 0 Å². The van der Waals surface area contributed by atoms with Gasteiger partial charge in [0.1, 0.15) is 5.82 Å². The summed E-state index contributed by atoms with van der Waals surface area (Å²) in [6.07, 6.45) is 1.12. The van der Waals surface area contributed by atoms with Gasteiger partial charge in [-0.05, 0) is 23.8 Å². The van der Waals surface area contributed by atoms with E-state index in [4.69, 9.17) is 0 Å². The largest absolute Gasteiger partial charge is 0.328 e. The van der Waals surface area contributed by atoms with Gasteiger partial charge in [0.25, 0.3) is 0 Å². The van der Waals surface area contributed by atoms with Crippen molar-refractivity contribution in [3.05, 3.63) is 64.3 Å². The third-order valence-electron chi connectivity index (χ3n) is 2.45. The molecular weight excluding hydrogens is 271 g/mol. The summed E-state index contributed by atoms with van der Waals surface area (Å²) in [5, 5.41) is 0. The molecule has 7 heteroatoms. The summed E-state index contributed by atoms with van der Waals surface area (Å²) in [6, 6.07) is 7.83. The van der Waals surface area contributed by atoms with Crippen LogP contribution >= 0.6 is 0 Å². The lowest BCUT2D eigenvalue weighted by Gasteiger charge is -2.06. The van der Waals surface area contributed by atoms with Crippen molar-refractivity contribution in [3.8, 4) is 0 Å². The Morgan fingerprint density at radius 2 is 1.79 bits per heavy atom. The van der Waals surface area contributed by atoms with Crippen molar-refractivity contribution in [2.24, 2.45) is 0 Å². The number of nitrogens with one attached hydrogen (secondary N) is 2. The van der Waals surface area contributed by atoms with E-state index in [9.17, 15) is 17.6 Å². The molecule has 0 radical (unpaired) electrons. The fraction of sp³-hybridized carbons (Fsp3) is 0.0833. The van der Waals surface area contributed by atoms with Crippen molar-refractivity contribution < 1.29 is 12.8 Å². The molecule has 0 saturated carbocycles. The maximum atomic E-state index is 12.7. The number of pyridine rings is 1. The van der Waals surface area contributed by atoms with Crippen LogP contribution in [-0.4, -0.2) is 13.4 Å². The smallest absolute Gasteiger partial charge is 0.247 e. The van der Waals surface area contributed by atoms with Gasteiger partial charge >= 0.3 is 0 Å². The van der Waals surface area contributed by atoms with E-state index in [-0.39, 0.29) is 22.8 Å². The van der Waals surface area contributed by atoms with Crippen LogP contribution in [0.4, 0.5) is 4.39 Å². The van der Waals surface area contributed by atoms with E-state index < -0.39 is 10.0 Å². The summed E-state index contributed by atoms with van der Waals surface area (Å²) in [4.78, 5) is 13.1. The second-order valence-electron chi connectivity index (χ2n) is 3.84. The zero-order valence-corrected chi connectivity index (χ0v) is 10.6. The van der Waals surface area contributed by atoms with E-state index in [0.29, 0.717) is 5.56 Å². The molecule has 0 bridgehead atoms. The molecule has 0 amide bonds. The minimum Gasteiger partial charge on any atom is -0.328 e. The molecule has 2 aromatic rings. The van der Waals surface area contributed by atoms with Crippen LogP contribution in [0.2, 0.25) is 0 Å². The fourth-order valence-electron chi connectivity index (χ4n) is 1.43. The molecule has 0 aliphatic carbocycles. The zero-order valence-electron chi connectivity index (χ0n) is 9.76. The van der Waals surface area contributed by atoms with Crippen LogP contribution in [0.5, 0.6) is 0 Å². The number of aromatic nitrogens is 1. The first-order valence-corrected chi connectivity index (χ1v) is 6.88. The highest BCUT2D eigenvalue weighted by Gasteiger charge is 2.13. The number of hydrogen-bond acceptors (Lipinski definition) is 3. The highest BCUT2D eigenvalue weighted by Crippen LogP contribution is 2.07. The summed E-state index contributed by atoms with van der Waals surface area (Å²) in [5.41, 5.74) is 0.256. The summed E-state index contributed by atoms with van der Waals surface area (Å²) in [6.45, 7) is 0.0434. The normalized spacial score (nSPS) is 11.4. The number of aromatic amines is 1. The van der Waals surface area contributed by atoms with Crippen LogP contribution in [0.25, 0.3) is 0 Å². The Balaban J connectivity index is 2.11.